The second-order valence-electron chi connectivity index (χ2n) is 8.79. The van der Waals surface area contributed by atoms with E-state index in [4.69, 9.17) is 11.6 Å². The summed E-state index contributed by atoms with van der Waals surface area (Å²) in [5, 5.41) is 9.95. The Bertz CT molecular complexity index is 1130. The summed E-state index contributed by atoms with van der Waals surface area (Å²) in [6.45, 7) is 0. The Morgan fingerprint density at radius 3 is 2.22 bits per heavy atom. The van der Waals surface area contributed by atoms with E-state index in [0.29, 0.717) is 12.8 Å². The fraction of sp³-hybridized carbons (Fsp3) is 0.435. The highest BCUT2D eigenvalue weighted by molar-refractivity contribution is 7.91. The number of carbonyl (C=O) groups excluding carboxylic acids is 1. The summed E-state index contributed by atoms with van der Waals surface area (Å²) in [7, 11) is -3.82. The van der Waals surface area contributed by atoms with Crippen LogP contribution in [-0.2, 0) is 16.3 Å². The summed E-state index contributed by atoms with van der Waals surface area (Å²) < 4.78 is 66.4. The summed E-state index contributed by atoms with van der Waals surface area (Å²) in [6.07, 6.45) is 2.14. The molecule has 2 fully saturated rings. The molecular formula is C23H22ClF3O4S. The first-order valence-electron chi connectivity index (χ1n) is 10.4. The first-order valence-corrected chi connectivity index (χ1v) is 12.4. The Labute approximate surface area is 189 Å². The van der Waals surface area contributed by atoms with Gasteiger partial charge in [-0.3, -0.25) is 4.79 Å². The Morgan fingerprint density at radius 1 is 1.03 bits per heavy atom. The Hall–Kier alpha value is -1.90. The lowest BCUT2D eigenvalue weighted by molar-refractivity contribution is 0.0683. The van der Waals surface area contributed by atoms with E-state index < -0.39 is 45.6 Å². The van der Waals surface area contributed by atoms with Crippen LogP contribution in [-0.4, -0.2) is 31.2 Å². The zero-order valence-corrected chi connectivity index (χ0v) is 18.6. The molecule has 0 spiro atoms. The number of fused-ring (bicyclic) bond motifs is 2. The van der Waals surface area contributed by atoms with Crippen LogP contribution in [0.1, 0.15) is 41.6 Å². The van der Waals surface area contributed by atoms with Gasteiger partial charge in [-0.25, -0.2) is 21.6 Å². The molecule has 2 aliphatic rings. The quantitative estimate of drug-likeness (QED) is 0.472. The number of aliphatic hydroxyl groups is 1. The number of ketones is 1. The highest BCUT2D eigenvalue weighted by Gasteiger charge is 2.44. The predicted molar refractivity (Wildman–Crippen MR) is 113 cm³/mol. The van der Waals surface area contributed by atoms with Gasteiger partial charge >= 0.3 is 0 Å². The highest BCUT2D eigenvalue weighted by Crippen LogP contribution is 2.48. The number of rotatable bonds is 6. The SMILES string of the molecule is O=C(Cc1cc(F)c(F)c(F)c1)c1ccc(Cl)c(S(=O)(=O)CC2C3CCC2CC(O)C3)c1. The molecule has 0 aromatic heterocycles. The summed E-state index contributed by atoms with van der Waals surface area (Å²) in [5.74, 6) is -4.89. The van der Waals surface area contributed by atoms with E-state index in [1.807, 2.05) is 0 Å². The van der Waals surface area contributed by atoms with Gasteiger partial charge in [0.05, 0.1) is 21.8 Å². The van der Waals surface area contributed by atoms with E-state index in [1.165, 1.54) is 18.2 Å². The van der Waals surface area contributed by atoms with Crippen molar-refractivity contribution in [1.82, 2.24) is 0 Å². The lowest BCUT2D eigenvalue weighted by Gasteiger charge is -2.32. The number of aliphatic hydroxyl groups excluding tert-OH is 1. The molecular weight excluding hydrogens is 465 g/mol. The molecule has 2 saturated carbocycles. The molecule has 2 aromatic carbocycles. The van der Waals surface area contributed by atoms with Gasteiger partial charge < -0.3 is 5.11 Å². The Morgan fingerprint density at radius 2 is 1.62 bits per heavy atom. The molecule has 0 heterocycles. The van der Waals surface area contributed by atoms with E-state index >= 15 is 0 Å². The number of carbonyl (C=O) groups is 1. The zero-order valence-electron chi connectivity index (χ0n) is 17.0. The molecule has 2 atom stereocenters. The minimum atomic E-state index is -3.82. The van der Waals surface area contributed by atoms with Crippen molar-refractivity contribution in [2.75, 3.05) is 5.75 Å². The average molecular weight is 487 g/mol. The first kappa shape index (κ1) is 23.3. The fourth-order valence-corrected chi connectivity index (χ4v) is 7.52. The van der Waals surface area contributed by atoms with Crippen LogP contribution >= 0.6 is 11.6 Å². The Balaban J connectivity index is 1.56. The zero-order chi connectivity index (χ0) is 23.2. The van der Waals surface area contributed by atoms with Gasteiger partial charge in [-0.2, -0.15) is 0 Å². The van der Waals surface area contributed by atoms with Crippen molar-refractivity contribution >= 4 is 27.2 Å². The summed E-state index contributed by atoms with van der Waals surface area (Å²) >= 11 is 6.16. The minimum Gasteiger partial charge on any atom is -0.393 e. The van der Waals surface area contributed by atoms with Crippen molar-refractivity contribution in [1.29, 1.82) is 0 Å². The van der Waals surface area contributed by atoms with Gasteiger partial charge in [0.25, 0.3) is 0 Å². The molecule has 172 valence electrons. The van der Waals surface area contributed by atoms with Crippen molar-refractivity contribution in [2.24, 2.45) is 17.8 Å². The second-order valence-corrected chi connectivity index (χ2v) is 11.2. The molecule has 0 amide bonds. The van der Waals surface area contributed by atoms with E-state index in [2.05, 4.69) is 0 Å². The van der Waals surface area contributed by atoms with Gasteiger partial charge in [-0.1, -0.05) is 11.6 Å². The third kappa shape index (κ3) is 4.58. The number of halogens is 4. The third-order valence-electron chi connectivity index (χ3n) is 6.68. The topological polar surface area (TPSA) is 71.4 Å². The van der Waals surface area contributed by atoms with Gasteiger partial charge in [-0.05, 0) is 79.3 Å². The van der Waals surface area contributed by atoms with Gasteiger partial charge in [0.2, 0.25) is 0 Å². The van der Waals surface area contributed by atoms with Crippen LogP contribution in [0.4, 0.5) is 13.2 Å². The summed E-state index contributed by atoms with van der Waals surface area (Å²) in [5.41, 5.74) is -0.0387. The number of sulfone groups is 1. The largest absolute Gasteiger partial charge is 0.393 e. The van der Waals surface area contributed by atoms with Gasteiger partial charge in [0.1, 0.15) is 0 Å². The minimum absolute atomic E-state index is 0.0105. The van der Waals surface area contributed by atoms with Crippen LogP contribution in [0.3, 0.4) is 0 Å². The monoisotopic (exact) mass is 486 g/mol. The van der Waals surface area contributed by atoms with Crippen molar-refractivity contribution in [2.45, 2.75) is 43.1 Å². The van der Waals surface area contributed by atoms with E-state index in [1.54, 1.807) is 0 Å². The molecule has 0 aliphatic heterocycles. The van der Waals surface area contributed by atoms with Crippen LogP contribution in [0, 0.1) is 35.2 Å². The van der Waals surface area contributed by atoms with Crippen molar-refractivity contribution < 1.29 is 31.5 Å². The summed E-state index contributed by atoms with van der Waals surface area (Å²) in [6, 6.07) is 5.32. The molecule has 0 radical (unpaired) electrons. The van der Waals surface area contributed by atoms with Crippen LogP contribution < -0.4 is 0 Å². The molecule has 2 bridgehead atoms. The first-order chi connectivity index (χ1) is 15.0. The smallest absolute Gasteiger partial charge is 0.194 e. The lowest BCUT2D eigenvalue weighted by atomic mass is 9.78. The predicted octanol–water partition coefficient (Wildman–Crippen LogP) is 4.75. The molecule has 2 aliphatic carbocycles. The normalized spacial score (nSPS) is 25.2. The molecule has 0 saturated heterocycles. The van der Waals surface area contributed by atoms with Crippen LogP contribution in [0.2, 0.25) is 5.02 Å². The van der Waals surface area contributed by atoms with E-state index in [9.17, 15) is 31.5 Å². The molecule has 2 unspecified atom stereocenters. The number of hydrogen-bond donors (Lipinski definition) is 1. The molecule has 1 N–H and O–H groups in total. The van der Waals surface area contributed by atoms with Crippen molar-refractivity contribution in [3.63, 3.8) is 0 Å². The number of hydrogen-bond acceptors (Lipinski definition) is 4. The molecule has 32 heavy (non-hydrogen) atoms. The van der Waals surface area contributed by atoms with Crippen LogP contribution in [0.5, 0.6) is 0 Å². The standard InChI is InChI=1S/C23H22ClF3O4S/c24-18-4-3-15(21(29)7-12-5-19(25)23(27)20(26)6-12)10-22(18)32(30,31)11-17-13-1-2-14(17)9-16(28)8-13/h3-6,10,13-14,16-17,28H,1-2,7-9,11H2. The average Bonchev–Trinajstić information content (AvgIpc) is 2.94. The number of benzene rings is 2. The Kier molecular flexibility index (Phi) is 6.40. The fourth-order valence-electron chi connectivity index (χ4n) is 5.15. The van der Waals surface area contributed by atoms with Crippen molar-refractivity contribution in [3.05, 3.63) is 63.9 Å². The third-order valence-corrected chi connectivity index (χ3v) is 8.95. The maximum Gasteiger partial charge on any atom is 0.194 e. The van der Waals surface area contributed by atoms with Gasteiger partial charge in [-0.15, -0.1) is 0 Å². The maximum absolute atomic E-state index is 13.4. The molecule has 4 rings (SSSR count). The summed E-state index contributed by atoms with van der Waals surface area (Å²) in [4.78, 5) is 12.5. The number of Topliss-reactive ketones (excluding diaryl/α,β-unsaturated/α-hetero) is 1. The van der Waals surface area contributed by atoms with Crippen molar-refractivity contribution in [3.8, 4) is 0 Å². The molecule has 9 heteroatoms. The van der Waals surface area contributed by atoms with E-state index in [0.717, 1.165) is 25.0 Å². The van der Waals surface area contributed by atoms with Crippen LogP contribution in [0.15, 0.2) is 35.2 Å². The highest BCUT2D eigenvalue weighted by atomic mass is 35.5. The lowest BCUT2D eigenvalue weighted by Crippen LogP contribution is -2.33. The molecule has 4 nitrogen and oxygen atoms in total. The maximum atomic E-state index is 13.4. The van der Waals surface area contributed by atoms with E-state index in [-0.39, 0.29) is 44.6 Å². The van der Waals surface area contributed by atoms with Crippen LogP contribution in [0.25, 0.3) is 0 Å². The molecule has 2 aromatic rings. The van der Waals surface area contributed by atoms with Gasteiger partial charge in [0.15, 0.2) is 33.1 Å². The van der Waals surface area contributed by atoms with Gasteiger partial charge in [0, 0.05) is 12.0 Å². The second kappa shape index (κ2) is 8.80.